The molecule has 1 N–H and O–H groups in total. The Labute approximate surface area is 123 Å². The summed E-state index contributed by atoms with van der Waals surface area (Å²) >= 11 is 0. The summed E-state index contributed by atoms with van der Waals surface area (Å²) in [6.07, 6.45) is 5.57. The summed E-state index contributed by atoms with van der Waals surface area (Å²) in [5.41, 5.74) is 0.295. The van der Waals surface area contributed by atoms with Crippen molar-refractivity contribution >= 4 is 5.97 Å². The zero-order valence-corrected chi connectivity index (χ0v) is 13.8. The number of hydrogen-bond acceptors (Lipinski definition) is 2. The highest BCUT2D eigenvalue weighted by Crippen LogP contribution is 2.52. The van der Waals surface area contributed by atoms with Gasteiger partial charge in [0.2, 0.25) is 0 Å². The van der Waals surface area contributed by atoms with Crippen molar-refractivity contribution in [1.82, 2.24) is 0 Å². The van der Waals surface area contributed by atoms with Gasteiger partial charge in [0.15, 0.2) is 0 Å². The van der Waals surface area contributed by atoms with Gasteiger partial charge in [-0.1, -0.05) is 26.3 Å². The first-order chi connectivity index (χ1) is 9.12. The average Bonchev–Trinajstić information content (AvgIpc) is 3.08. The third-order valence-electron chi connectivity index (χ3n) is 4.40. The van der Waals surface area contributed by atoms with E-state index in [1.165, 1.54) is 5.57 Å². The third-order valence-corrected chi connectivity index (χ3v) is 4.40. The number of allylic oxidation sites excluding steroid dienone is 1. The fourth-order valence-electron chi connectivity index (χ4n) is 2.75. The molecule has 1 aliphatic rings. The minimum absolute atomic E-state index is 0.0311. The summed E-state index contributed by atoms with van der Waals surface area (Å²) < 4.78 is 6.14. The van der Waals surface area contributed by atoms with Gasteiger partial charge in [-0.25, -0.2) is 0 Å². The molecule has 0 aromatic rings. The summed E-state index contributed by atoms with van der Waals surface area (Å²) in [4.78, 5) is 11.3. The second-order valence-electron chi connectivity index (χ2n) is 7.08. The molecule has 1 aliphatic carbocycles. The molecule has 20 heavy (non-hydrogen) atoms. The molecule has 2 atom stereocenters. The molecule has 0 spiro atoms. The van der Waals surface area contributed by atoms with E-state index in [0.29, 0.717) is 12.3 Å². The quantitative estimate of drug-likeness (QED) is 0.670. The molecule has 0 bridgehead atoms. The van der Waals surface area contributed by atoms with E-state index in [0.717, 1.165) is 19.3 Å². The highest BCUT2D eigenvalue weighted by Gasteiger charge is 2.53. The SMILES string of the molecule is CCC(C)/C=C(\C)C(C)OC(C)(C)CC1(C(=O)O)CC1. The molecular formula is C17H30O3. The maximum Gasteiger partial charge on any atom is 0.309 e. The topological polar surface area (TPSA) is 46.5 Å². The zero-order chi connectivity index (χ0) is 15.6. The lowest BCUT2D eigenvalue weighted by molar-refractivity contribution is -0.148. The van der Waals surface area contributed by atoms with Crippen LogP contribution in [0.25, 0.3) is 0 Å². The number of carboxylic acids is 1. The Morgan fingerprint density at radius 3 is 2.35 bits per heavy atom. The van der Waals surface area contributed by atoms with E-state index in [-0.39, 0.29) is 6.10 Å². The molecule has 0 saturated heterocycles. The minimum Gasteiger partial charge on any atom is -0.481 e. The van der Waals surface area contributed by atoms with Gasteiger partial charge in [-0.2, -0.15) is 0 Å². The normalized spacial score (nSPS) is 21.4. The van der Waals surface area contributed by atoms with Gasteiger partial charge in [0.1, 0.15) is 0 Å². The van der Waals surface area contributed by atoms with E-state index in [1.54, 1.807) is 0 Å². The van der Waals surface area contributed by atoms with Crippen molar-refractivity contribution in [2.75, 3.05) is 0 Å². The molecule has 1 saturated carbocycles. The lowest BCUT2D eigenvalue weighted by Crippen LogP contribution is -2.35. The summed E-state index contributed by atoms with van der Waals surface area (Å²) in [5, 5.41) is 9.29. The predicted octanol–water partition coefficient (Wildman–Crippen LogP) is 4.42. The molecule has 3 heteroatoms. The second-order valence-corrected chi connectivity index (χ2v) is 7.08. The molecular weight excluding hydrogens is 252 g/mol. The molecule has 0 aromatic heterocycles. The first-order valence-electron chi connectivity index (χ1n) is 7.71. The molecule has 0 aliphatic heterocycles. The number of carbonyl (C=O) groups is 1. The number of ether oxygens (including phenoxy) is 1. The standard InChI is InChI=1S/C17H30O3/c1-7-12(2)10-13(3)14(4)20-16(5,6)11-17(8-9-17)15(18)19/h10,12,14H,7-9,11H2,1-6H3,(H,18,19)/b13-10+. The Hall–Kier alpha value is -0.830. The highest BCUT2D eigenvalue weighted by atomic mass is 16.5. The Morgan fingerprint density at radius 1 is 1.40 bits per heavy atom. The zero-order valence-electron chi connectivity index (χ0n) is 13.8. The number of carboxylic acid groups (broad SMARTS) is 1. The van der Waals surface area contributed by atoms with E-state index >= 15 is 0 Å². The summed E-state index contributed by atoms with van der Waals surface area (Å²) in [6.45, 7) is 12.5. The summed E-state index contributed by atoms with van der Waals surface area (Å²) in [5.74, 6) is -0.119. The van der Waals surface area contributed by atoms with Crippen LogP contribution in [0.5, 0.6) is 0 Å². The second kappa shape index (κ2) is 6.30. The first-order valence-corrected chi connectivity index (χ1v) is 7.71. The van der Waals surface area contributed by atoms with Crippen molar-refractivity contribution in [1.29, 1.82) is 0 Å². The van der Waals surface area contributed by atoms with Gasteiger partial charge in [0.25, 0.3) is 0 Å². The lowest BCUT2D eigenvalue weighted by Gasteiger charge is -2.32. The Kier molecular flexibility index (Phi) is 5.42. The van der Waals surface area contributed by atoms with Gasteiger partial charge >= 0.3 is 5.97 Å². The van der Waals surface area contributed by atoms with Gasteiger partial charge in [-0.15, -0.1) is 0 Å². The van der Waals surface area contributed by atoms with Crippen molar-refractivity contribution in [3.63, 3.8) is 0 Å². The Balaban J connectivity index is 2.62. The van der Waals surface area contributed by atoms with Crippen LogP contribution in [-0.4, -0.2) is 22.8 Å². The van der Waals surface area contributed by atoms with Gasteiger partial charge in [-0.3, -0.25) is 4.79 Å². The fourth-order valence-corrected chi connectivity index (χ4v) is 2.75. The van der Waals surface area contributed by atoms with Crippen LogP contribution in [0.1, 0.15) is 67.2 Å². The monoisotopic (exact) mass is 282 g/mol. The molecule has 0 amide bonds. The smallest absolute Gasteiger partial charge is 0.309 e. The van der Waals surface area contributed by atoms with Crippen molar-refractivity contribution < 1.29 is 14.6 Å². The molecule has 2 unspecified atom stereocenters. The van der Waals surface area contributed by atoms with Gasteiger partial charge in [-0.05, 0) is 58.4 Å². The van der Waals surface area contributed by atoms with Crippen molar-refractivity contribution in [3.8, 4) is 0 Å². The van der Waals surface area contributed by atoms with E-state index in [1.807, 2.05) is 13.8 Å². The maximum atomic E-state index is 11.3. The molecule has 0 radical (unpaired) electrons. The first kappa shape index (κ1) is 17.2. The van der Waals surface area contributed by atoms with Crippen molar-refractivity contribution in [2.45, 2.75) is 78.9 Å². The Bertz CT molecular complexity index is 378. The van der Waals surface area contributed by atoms with Crippen molar-refractivity contribution in [2.24, 2.45) is 11.3 Å². The maximum absolute atomic E-state index is 11.3. The van der Waals surface area contributed by atoms with Gasteiger partial charge in [0.05, 0.1) is 17.1 Å². The van der Waals surface area contributed by atoms with Crippen LogP contribution in [0.2, 0.25) is 0 Å². The molecule has 116 valence electrons. The number of aliphatic carboxylic acids is 1. The minimum atomic E-state index is -0.673. The Morgan fingerprint density at radius 2 is 1.95 bits per heavy atom. The van der Waals surface area contributed by atoms with Crippen molar-refractivity contribution in [3.05, 3.63) is 11.6 Å². The average molecular weight is 282 g/mol. The van der Waals surface area contributed by atoms with Crippen LogP contribution in [0.15, 0.2) is 11.6 Å². The molecule has 1 fully saturated rings. The van der Waals surface area contributed by atoms with Crippen LogP contribution in [0, 0.1) is 11.3 Å². The predicted molar refractivity (Wildman–Crippen MR) is 81.8 cm³/mol. The van der Waals surface area contributed by atoms with Crippen LogP contribution >= 0.6 is 0 Å². The van der Waals surface area contributed by atoms with E-state index in [9.17, 15) is 9.90 Å². The van der Waals surface area contributed by atoms with Crippen LogP contribution < -0.4 is 0 Å². The van der Waals surface area contributed by atoms with E-state index in [2.05, 4.69) is 33.8 Å². The van der Waals surface area contributed by atoms with Crippen LogP contribution in [0.4, 0.5) is 0 Å². The van der Waals surface area contributed by atoms with Crippen LogP contribution in [0.3, 0.4) is 0 Å². The highest BCUT2D eigenvalue weighted by molar-refractivity contribution is 5.77. The largest absolute Gasteiger partial charge is 0.481 e. The lowest BCUT2D eigenvalue weighted by atomic mass is 9.90. The fraction of sp³-hybridized carbons (Fsp3) is 0.824. The number of rotatable bonds is 8. The molecule has 1 rings (SSSR count). The molecule has 0 heterocycles. The molecule has 3 nitrogen and oxygen atoms in total. The van der Waals surface area contributed by atoms with E-state index in [4.69, 9.17) is 4.74 Å². The summed E-state index contributed by atoms with van der Waals surface area (Å²) in [6, 6.07) is 0. The van der Waals surface area contributed by atoms with E-state index < -0.39 is 17.0 Å². The summed E-state index contributed by atoms with van der Waals surface area (Å²) in [7, 11) is 0. The van der Waals surface area contributed by atoms with Gasteiger partial charge in [0, 0.05) is 0 Å². The molecule has 0 aromatic carbocycles. The number of hydrogen-bond donors (Lipinski definition) is 1. The third kappa shape index (κ3) is 4.62. The van der Waals surface area contributed by atoms with Crippen LogP contribution in [-0.2, 0) is 9.53 Å². The van der Waals surface area contributed by atoms with Gasteiger partial charge < -0.3 is 9.84 Å².